The summed E-state index contributed by atoms with van der Waals surface area (Å²) in [5, 5.41) is 2.91. The molecule has 0 spiro atoms. The minimum atomic E-state index is -0.00222. The maximum atomic E-state index is 12.1. The van der Waals surface area contributed by atoms with E-state index in [4.69, 9.17) is 12.2 Å². The van der Waals surface area contributed by atoms with Crippen molar-refractivity contribution in [2.45, 2.75) is 51.2 Å². The molecule has 1 atom stereocenters. The monoisotopic (exact) mass is 364 g/mol. The van der Waals surface area contributed by atoms with Gasteiger partial charge in [-0.2, -0.15) is 0 Å². The first-order valence-electron chi connectivity index (χ1n) is 8.39. The quantitative estimate of drug-likeness (QED) is 0.556. The van der Waals surface area contributed by atoms with E-state index in [9.17, 15) is 9.59 Å². The van der Waals surface area contributed by atoms with E-state index < -0.39 is 0 Å². The smallest absolute Gasteiger partial charge is 0.241 e. The van der Waals surface area contributed by atoms with Crippen molar-refractivity contribution in [2.75, 3.05) is 11.9 Å². The number of hydrogen-bond acceptors (Lipinski definition) is 4. The maximum Gasteiger partial charge on any atom is 0.241 e. The van der Waals surface area contributed by atoms with Gasteiger partial charge in [0.1, 0.15) is 4.32 Å². The SMILES string of the molecule is CCC1SC(=S)N(CCCCCC(=O)Nc2cccc(C)c2)C1=O. The van der Waals surface area contributed by atoms with Crippen molar-refractivity contribution in [3.05, 3.63) is 29.8 Å². The molecular weight excluding hydrogens is 340 g/mol. The van der Waals surface area contributed by atoms with Crippen LogP contribution in [0.2, 0.25) is 0 Å². The van der Waals surface area contributed by atoms with E-state index in [1.54, 1.807) is 4.90 Å². The van der Waals surface area contributed by atoms with Gasteiger partial charge in [0.25, 0.3) is 0 Å². The molecule has 1 heterocycles. The van der Waals surface area contributed by atoms with Crippen LogP contribution in [-0.4, -0.2) is 32.8 Å². The Hall–Kier alpha value is -1.40. The Morgan fingerprint density at radius 3 is 2.79 bits per heavy atom. The number of rotatable bonds is 8. The van der Waals surface area contributed by atoms with Crippen LogP contribution in [0.4, 0.5) is 5.69 Å². The van der Waals surface area contributed by atoms with Crippen molar-refractivity contribution in [3.8, 4) is 0 Å². The molecule has 6 heteroatoms. The molecule has 1 aliphatic heterocycles. The molecule has 130 valence electrons. The number of nitrogens with zero attached hydrogens (tertiary/aromatic N) is 1. The predicted molar refractivity (Wildman–Crippen MR) is 104 cm³/mol. The second-order valence-electron chi connectivity index (χ2n) is 6.00. The summed E-state index contributed by atoms with van der Waals surface area (Å²) in [5.41, 5.74) is 1.97. The summed E-state index contributed by atoms with van der Waals surface area (Å²) >= 11 is 6.76. The topological polar surface area (TPSA) is 49.4 Å². The first kappa shape index (κ1) is 18.9. The third kappa shape index (κ3) is 5.31. The van der Waals surface area contributed by atoms with Crippen LogP contribution in [0.25, 0.3) is 0 Å². The number of amides is 2. The van der Waals surface area contributed by atoms with Crippen molar-refractivity contribution in [2.24, 2.45) is 0 Å². The second-order valence-corrected chi connectivity index (χ2v) is 7.84. The van der Waals surface area contributed by atoms with Crippen molar-refractivity contribution < 1.29 is 9.59 Å². The molecule has 24 heavy (non-hydrogen) atoms. The molecule has 0 radical (unpaired) electrons. The van der Waals surface area contributed by atoms with Crippen LogP contribution in [0.1, 0.15) is 44.6 Å². The third-order valence-electron chi connectivity index (χ3n) is 3.96. The van der Waals surface area contributed by atoms with E-state index in [1.165, 1.54) is 11.8 Å². The fourth-order valence-corrected chi connectivity index (χ4v) is 4.11. The Balaban J connectivity index is 1.64. The molecule has 1 N–H and O–H groups in total. The molecule has 1 aromatic rings. The van der Waals surface area contributed by atoms with E-state index in [1.807, 2.05) is 38.1 Å². The molecule has 0 aliphatic carbocycles. The standard InChI is InChI=1S/C18H24N2O2S2/c1-3-15-17(22)20(18(23)24-15)11-6-4-5-10-16(21)19-14-9-7-8-13(2)12-14/h7-9,12,15H,3-6,10-11H2,1-2H3,(H,19,21). The molecule has 1 unspecified atom stereocenters. The number of unbranched alkanes of at least 4 members (excludes halogenated alkanes) is 2. The van der Waals surface area contributed by atoms with Gasteiger partial charge in [0.2, 0.25) is 11.8 Å². The van der Waals surface area contributed by atoms with Gasteiger partial charge in [-0.05, 0) is 43.9 Å². The molecule has 0 bridgehead atoms. The minimum absolute atomic E-state index is 0.00222. The number of nitrogens with one attached hydrogen (secondary N) is 1. The first-order valence-corrected chi connectivity index (χ1v) is 9.68. The van der Waals surface area contributed by atoms with Crippen LogP contribution in [0.15, 0.2) is 24.3 Å². The lowest BCUT2D eigenvalue weighted by Gasteiger charge is -2.15. The maximum absolute atomic E-state index is 12.1. The van der Waals surface area contributed by atoms with Crippen LogP contribution in [0, 0.1) is 6.92 Å². The number of thioether (sulfide) groups is 1. The van der Waals surface area contributed by atoms with Crippen molar-refractivity contribution >= 4 is 45.8 Å². The van der Waals surface area contributed by atoms with Crippen LogP contribution in [-0.2, 0) is 9.59 Å². The highest BCUT2D eigenvalue weighted by Crippen LogP contribution is 2.29. The van der Waals surface area contributed by atoms with Crippen molar-refractivity contribution in [1.82, 2.24) is 4.90 Å². The van der Waals surface area contributed by atoms with Crippen molar-refractivity contribution in [3.63, 3.8) is 0 Å². The van der Waals surface area contributed by atoms with Crippen molar-refractivity contribution in [1.29, 1.82) is 0 Å². The lowest BCUT2D eigenvalue weighted by atomic mass is 10.1. The van der Waals surface area contributed by atoms with E-state index >= 15 is 0 Å². The average Bonchev–Trinajstić information content (AvgIpc) is 2.81. The van der Waals surface area contributed by atoms with Gasteiger partial charge in [0.05, 0.1) is 5.25 Å². The fraction of sp³-hybridized carbons (Fsp3) is 0.500. The summed E-state index contributed by atoms with van der Waals surface area (Å²) in [4.78, 5) is 25.8. The number of hydrogen-bond donors (Lipinski definition) is 1. The Bertz CT molecular complexity index is 619. The zero-order valence-corrected chi connectivity index (χ0v) is 15.8. The number of benzene rings is 1. The Morgan fingerprint density at radius 1 is 1.33 bits per heavy atom. The summed E-state index contributed by atoms with van der Waals surface area (Å²) in [5.74, 6) is 0.180. The zero-order valence-electron chi connectivity index (χ0n) is 14.2. The number of thiocarbonyl (C=S) groups is 1. The van der Waals surface area contributed by atoms with Gasteiger partial charge in [-0.25, -0.2) is 0 Å². The number of carbonyl (C=O) groups excluding carboxylic acids is 2. The van der Waals surface area contributed by atoms with Crippen LogP contribution >= 0.6 is 24.0 Å². The highest BCUT2D eigenvalue weighted by atomic mass is 32.2. The van der Waals surface area contributed by atoms with Gasteiger partial charge in [-0.1, -0.05) is 49.5 Å². The Kier molecular flexibility index (Phi) is 7.24. The molecule has 4 nitrogen and oxygen atoms in total. The average molecular weight is 365 g/mol. The van der Waals surface area contributed by atoms with Gasteiger partial charge >= 0.3 is 0 Å². The number of aryl methyl sites for hydroxylation is 1. The van der Waals surface area contributed by atoms with Gasteiger partial charge in [-0.15, -0.1) is 0 Å². The van der Waals surface area contributed by atoms with Gasteiger partial charge in [0.15, 0.2) is 0 Å². The molecule has 0 saturated carbocycles. The number of carbonyl (C=O) groups is 2. The lowest BCUT2D eigenvalue weighted by Crippen LogP contribution is -2.32. The first-order chi connectivity index (χ1) is 11.5. The van der Waals surface area contributed by atoms with Gasteiger partial charge in [-0.3, -0.25) is 14.5 Å². The lowest BCUT2D eigenvalue weighted by molar-refractivity contribution is -0.126. The third-order valence-corrected chi connectivity index (χ3v) is 5.71. The summed E-state index contributed by atoms with van der Waals surface area (Å²) in [6.45, 7) is 4.68. The molecular formula is C18H24N2O2S2. The normalized spacial score (nSPS) is 17.4. The van der Waals surface area contributed by atoms with Crippen LogP contribution in [0.3, 0.4) is 0 Å². The highest BCUT2D eigenvalue weighted by molar-refractivity contribution is 8.24. The summed E-state index contributed by atoms with van der Waals surface area (Å²) < 4.78 is 0.698. The zero-order chi connectivity index (χ0) is 17.5. The molecule has 1 fully saturated rings. The van der Waals surface area contributed by atoms with Crippen LogP contribution in [0.5, 0.6) is 0 Å². The second kappa shape index (κ2) is 9.18. The molecule has 1 aromatic carbocycles. The molecule has 2 amide bonds. The largest absolute Gasteiger partial charge is 0.326 e. The Morgan fingerprint density at radius 2 is 2.12 bits per heavy atom. The van der Waals surface area contributed by atoms with Gasteiger partial charge in [0, 0.05) is 18.7 Å². The highest BCUT2D eigenvalue weighted by Gasteiger charge is 2.34. The van der Waals surface area contributed by atoms with E-state index in [2.05, 4.69) is 5.32 Å². The Labute approximate surface area is 153 Å². The number of anilines is 1. The summed E-state index contributed by atoms with van der Waals surface area (Å²) in [7, 11) is 0. The van der Waals surface area contributed by atoms with E-state index in [0.29, 0.717) is 17.3 Å². The van der Waals surface area contributed by atoms with Gasteiger partial charge < -0.3 is 5.32 Å². The summed E-state index contributed by atoms with van der Waals surface area (Å²) in [6.07, 6.45) is 3.92. The molecule has 0 aromatic heterocycles. The molecule has 1 aliphatic rings. The molecule has 1 saturated heterocycles. The fourth-order valence-electron chi connectivity index (χ4n) is 2.64. The van der Waals surface area contributed by atoms with E-state index in [-0.39, 0.29) is 17.1 Å². The predicted octanol–water partition coefficient (Wildman–Crippen LogP) is 4.13. The van der Waals surface area contributed by atoms with E-state index in [0.717, 1.165) is 36.9 Å². The minimum Gasteiger partial charge on any atom is -0.326 e. The van der Waals surface area contributed by atoms with Crippen LogP contribution < -0.4 is 5.32 Å². The summed E-state index contributed by atoms with van der Waals surface area (Å²) in [6, 6.07) is 7.79. The molecule has 2 rings (SSSR count).